The summed E-state index contributed by atoms with van der Waals surface area (Å²) in [6.45, 7) is 7.87. The fourth-order valence-electron chi connectivity index (χ4n) is 3.65. The highest BCUT2D eigenvalue weighted by atomic mass is 32.1. The molecule has 0 saturated carbocycles. The number of rotatable bonds is 2. The number of aromatic nitrogens is 2. The lowest BCUT2D eigenvalue weighted by molar-refractivity contribution is 0.0797. The fraction of sp³-hybridized carbons (Fsp3) is 0.588. The van der Waals surface area contributed by atoms with Gasteiger partial charge in [0.1, 0.15) is 16.5 Å². The van der Waals surface area contributed by atoms with Crippen molar-refractivity contribution < 1.29 is 4.79 Å². The van der Waals surface area contributed by atoms with Gasteiger partial charge in [0, 0.05) is 26.2 Å². The fourth-order valence-corrected chi connectivity index (χ4v) is 4.84. The van der Waals surface area contributed by atoms with Crippen LogP contribution in [-0.2, 0) is 0 Å². The van der Waals surface area contributed by atoms with Crippen LogP contribution in [0.1, 0.15) is 46.7 Å². The molecule has 0 aromatic carbocycles. The maximum Gasteiger partial charge on any atom is 0.264 e. The third kappa shape index (κ3) is 2.49. The number of likely N-dealkylation sites (tertiary alicyclic amines) is 1. The summed E-state index contributed by atoms with van der Waals surface area (Å²) in [5.74, 6) is 1.99. The average Bonchev–Trinajstić information content (AvgIpc) is 3.27. The van der Waals surface area contributed by atoms with Gasteiger partial charge in [0.05, 0.1) is 10.3 Å². The summed E-state index contributed by atoms with van der Waals surface area (Å²) in [4.78, 5) is 28.3. The molecule has 2 saturated heterocycles. The second-order valence-corrected chi connectivity index (χ2v) is 7.52. The van der Waals surface area contributed by atoms with Crippen LogP contribution >= 0.6 is 11.3 Å². The topological polar surface area (TPSA) is 49.3 Å². The van der Waals surface area contributed by atoms with Crippen molar-refractivity contribution in [1.29, 1.82) is 0 Å². The largest absolute Gasteiger partial charge is 0.356 e. The number of amides is 1. The van der Waals surface area contributed by atoms with Crippen LogP contribution in [0.5, 0.6) is 0 Å². The molecular weight excluding hydrogens is 308 g/mol. The lowest BCUT2D eigenvalue weighted by atomic mass is 10.2. The predicted molar refractivity (Wildman–Crippen MR) is 93.5 cm³/mol. The number of nitrogens with zero attached hydrogens (tertiary/aromatic N) is 4. The lowest BCUT2D eigenvalue weighted by Crippen LogP contribution is -2.27. The van der Waals surface area contributed by atoms with Gasteiger partial charge in [0.25, 0.3) is 5.91 Å². The molecule has 0 unspecified atom stereocenters. The molecule has 6 heteroatoms. The molecule has 23 heavy (non-hydrogen) atoms. The Morgan fingerprint density at radius 3 is 2.35 bits per heavy atom. The summed E-state index contributed by atoms with van der Waals surface area (Å²) in [5, 5.41) is 1.09. The second-order valence-electron chi connectivity index (χ2n) is 6.52. The highest BCUT2D eigenvalue weighted by molar-refractivity contribution is 7.20. The third-order valence-electron chi connectivity index (χ3n) is 4.88. The molecule has 2 aliphatic heterocycles. The monoisotopic (exact) mass is 330 g/mol. The Morgan fingerprint density at radius 1 is 1.00 bits per heavy atom. The minimum Gasteiger partial charge on any atom is -0.356 e. The first-order chi connectivity index (χ1) is 11.1. The minimum atomic E-state index is 0.174. The second kappa shape index (κ2) is 5.74. The highest BCUT2D eigenvalue weighted by Gasteiger charge is 2.27. The van der Waals surface area contributed by atoms with Gasteiger partial charge in [0.2, 0.25) is 0 Å². The molecule has 2 fully saturated rings. The Balaban J connectivity index is 1.83. The van der Waals surface area contributed by atoms with E-state index in [1.54, 1.807) is 0 Å². The maximum absolute atomic E-state index is 12.8. The molecule has 2 aromatic rings. The molecule has 0 atom stereocenters. The first kappa shape index (κ1) is 14.9. The van der Waals surface area contributed by atoms with Crippen molar-refractivity contribution in [3.8, 4) is 0 Å². The van der Waals surface area contributed by atoms with Crippen molar-refractivity contribution in [2.24, 2.45) is 0 Å². The van der Waals surface area contributed by atoms with Crippen LogP contribution < -0.4 is 4.90 Å². The molecule has 5 nitrogen and oxygen atoms in total. The molecule has 2 aliphatic rings. The van der Waals surface area contributed by atoms with Gasteiger partial charge in [-0.25, -0.2) is 9.97 Å². The van der Waals surface area contributed by atoms with E-state index < -0.39 is 0 Å². The van der Waals surface area contributed by atoms with E-state index in [-0.39, 0.29) is 5.91 Å². The van der Waals surface area contributed by atoms with Crippen LogP contribution in [0.3, 0.4) is 0 Å². The van der Waals surface area contributed by atoms with E-state index in [4.69, 9.17) is 4.98 Å². The van der Waals surface area contributed by atoms with Gasteiger partial charge in [-0.05, 0) is 45.1 Å². The summed E-state index contributed by atoms with van der Waals surface area (Å²) in [5.41, 5.74) is 1.06. The molecule has 0 spiro atoms. The number of carbonyl (C=O) groups excluding carboxylic acids is 1. The van der Waals surface area contributed by atoms with E-state index in [0.717, 1.165) is 71.3 Å². The van der Waals surface area contributed by atoms with E-state index in [2.05, 4.69) is 16.8 Å². The molecule has 122 valence electrons. The highest BCUT2D eigenvalue weighted by Crippen LogP contribution is 2.37. The summed E-state index contributed by atoms with van der Waals surface area (Å²) in [7, 11) is 0. The zero-order valence-electron chi connectivity index (χ0n) is 13.8. The van der Waals surface area contributed by atoms with Crippen molar-refractivity contribution in [3.63, 3.8) is 0 Å². The summed E-state index contributed by atoms with van der Waals surface area (Å²) in [6, 6.07) is 0. The Kier molecular flexibility index (Phi) is 3.71. The van der Waals surface area contributed by atoms with E-state index in [9.17, 15) is 4.79 Å². The molecule has 4 rings (SSSR count). The van der Waals surface area contributed by atoms with Crippen molar-refractivity contribution in [1.82, 2.24) is 14.9 Å². The Bertz CT molecular complexity index is 758. The molecule has 2 aromatic heterocycles. The van der Waals surface area contributed by atoms with Gasteiger partial charge in [-0.3, -0.25) is 4.79 Å². The van der Waals surface area contributed by atoms with Gasteiger partial charge >= 0.3 is 0 Å². The van der Waals surface area contributed by atoms with E-state index in [0.29, 0.717) is 0 Å². The first-order valence-electron chi connectivity index (χ1n) is 8.47. The molecule has 0 bridgehead atoms. The van der Waals surface area contributed by atoms with E-state index in [1.165, 1.54) is 24.2 Å². The number of hydrogen-bond acceptors (Lipinski definition) is 5. The molecule has 0 aliphatic carbocycles. The normalized spacial score (nSPS) is 18.3. The summed E-state index contributed by atoms with van der Waals surface area (Å²) < 4.78 is 0. The zero-order chi connectivity index (χ0) is 16.0. The number of carbonyl (C=O) groups is 1. The SMILES string of the molecule is Cc1nc(N2CCCC2)c2c(C)c(C(=O)N3CCCC3)sc2n1. The third-order valence-corrected chi connectivity index (χ3v) is 6.05. The smallest absolute Gasteiger partial charge is 0.264 e. The summed E-state index contributed by atoms with van der Waals surface area (Å²) in [6.07, 6.45) is 4.67. The van der Waals surface area contributed by atoms with Crippen molar-refractivity contribution >= 4 is 33.3 Å². The lowest BCUT2D eigenvalue weighted by Gasteiger charge is -2.18. The minimum absolute atomic E-state index is 0.174. The van der Waals surface area contributed by atoms with Crippen LogP contribution in [0.2, 0.25) is 0 Å². The van der Waals surface area contributed by atoms with Gasteiger partial charge in [-0.15, -0.1) is 11.3 Å². The Labute approximate surface area is 140 Å². The van der Waals surface area contributed by atoms with Crippen molar-refractivity contribution in [2.45, 2.75) is 39.5 Å². The van der Waals surface area contributed by atoms with Crippen molar-refractivity contribution in [3.05, 3.63) is 16.3 Å². The average molecular weight is 330 g/mol. The number of aryl methyl sites for hydroxylation is 2. The first-order valence-corrected chi connectivity index (χ1v) is 9.29. The predicted octanol–water partition coefficient (Wildman–Crippen LogP) is 3.14. The molecule has 0 radical (unpaired) electrons. The van der Waals surface area contributed by atoms with E-state index >= 15 is 0 Å². The van der Waals surface area contributed by atoms with Crippen LogP contribution in [0.15, 0.2) is 0 Å². The van der Waals surface area contributed by atoms with Crippen LogP contribution in [0, 0.1) is 13.8 Å². The standard InChI is InChI=1S/C17H22N4OS/c1-11-13-15(20-7-3-4-8-20)18-12(2)19-16(13)23-14(11)17(22)21-9-5-6-10-21/h3-10H2,1-2H3. The quantitative estimate of drug-likeness (QED) is 0.849. The van der Waals surface area contributed by atoms with Gasteiger partial charge in [-0.2, -0.15) is 0 Å². The van der Waals surface area contributed by atoms with Gasteiger partial charge in [-0.1, -0.05) is 0 Å². The van der Waals surface area contributed by atoms with Crippen LogP contribution in [-0.4, -0.2) is 47.0 Å². The Hall–Kier alpha value is -1.69. The maximum atomic E-state index is 12.8. The molecule has 1 amide bonds. The van der Waals surface area contributed by atoms with Gasteiger partial charge < -0.3 is 9.80 Å². The van der Waals surface area contributed by atoms with Gasteiger partial charge in [0.15, 0.2) is 0 Å². The number of thiophene rings is 1. The number of hydrogen-bond donors (Lipinski definition) is 0. The number of fused-ring (bicyclic) bond motifs is 1. The summed E-state index contributed by atoms with van der Waals surface area (Å²) >= 11 is 1.54. The van der Waals surface area contributed by atoms with Crippen molar-refractivity contribution in [2.75, 3.05) is 31.1 Å². The zero-order valence-corrected chi connectivity index (χ0v) is 14.6. The molecule has 0 N–H and O–H groups in total. The molecular formula is C17H22N4OS. The number of anilines is 1. The van der Waals surface area contributed by atoms with Crippen LogP contribution in [0.4, 0.5) is 5.82 Å². The van der Waals surface area contributed by atoms with E-state index in [1.807, 2.05) is 11.8 Å². The Morgan fingerprint density at radius 2 is 1.65 bits per heavy atom. The van der Waals surface area contributed by atoms with Crippen LogP contribution in [0.25, 0.3) is 10.2 Å². The molecule has 4 heterocycles.